The number of benzene rings is 1. The van der Waals surface area contributed by atoms with Crippen molar-refractivity contribution in [3.8, 4) is 0 Å². The Labute approximate surface area is 93.4 Å². The van der Waals surface area contributed by atoms with Gasteiger partial charge in [-0.25, -0.2) is 9.18 Å². The van der Waals surface area contributed by atoms with E-state index in [1.54, 1.807) is 12.1 Å². The number of rotatable bonds is 2. The summed E-state index contributed by atoms with van der Waals surface area (Å²) in [4.78, 5) is 10.7. The van der Waals surface area contributed by atoms with E-state index in [4.69, 9.17) is 5.11 Å². The number of carbonyl (C=O) groups is 1. The van der Waals surface area contributed by atoms with E-state index in [1.807, 2.05) is 6.07 Å². The molecule has 1 aliphatic rings. The van der Waals surface area contributed by atoms with E-state index in [0.29, 0.717) is 18.4 Å². The molecule has 0 amide bonds. The van der Waals surface area contributed by atoms with E-state index in [-0.39, 0.29) is 11.7 Å². The van der Waals surface area contributed by atoms with Gasteiger partial charge in [0.25, 0.3) is 0 Å². The normalized spacial score (nSPS) is 20.3. The van der Waals surface area contributed by atoms with Gasteiger partial charge < -0.3 is 5.11 Å². The van der Waals surface area contributed by atoms with Crippen LogP contribution in [0.1, 0.15) is 30.7 Å². The van der Waals surface area contributed by atoms with Gasteiger partial charge in [0.15, 0.2) is 0 Å². The summed E-state index contributed by atoms with van der Waals surface area (Å²) in [5.74, 6) is -0.818. The molecule has 0 radical (unpaired) electrons. The molecule has 0 bridgehead atoms. The van der Waals surface area contributed by atoms with Gasteiger partial charge in [-0.3, -0.25) is 0 Å². The van der Waals surface area contributed by atoms with E-state index in [2.05, 4.69) is 0 Å². The van der Waals surface area contributed by atoms with Gasteiger partial charge in [-0.15, -0.1) is 0 Å². The summed E-state index contributed by atoms with van der Waals surface area (Å²) < 4.78 is 13.0. The lowest BCUT2D eigenvalue weighted by Crippen LogP contribution is -2.10. The Morgan fingerprint density at radius 2 is 2.25 bits per heavy atom. The SMILES string of the molecule is O=C(O)C1=CCC(c2cccc(F)c2)CC1. The lowest BCUT2D eigenvalue weighted by Gasteiger charge is -2.20. The topological polar surface area (TPSA) is 37.3 Å². The summed E-state index contributed by atoms with van der Waals surface area (Å²) in [6.45, 7) is 0. The Morgan fingerprint density at radius 3 is 2.81 bits per heavy atom. The van der Waals surface area contributed by atoms with Crippen molar-refractivity contribution >= 4 is 5.97 Å². The number of allylic oxidation sites excluding steroid dienone is 1. The maximum Gasteiger partial charge on any atom is 0.331 e. The highest BCUT2D eigenvalue weighted by Crippen LogP contribution is 2.32. The molecule has 0 aliphatic heterocycles. The minimum atomic E-state index is -0.835. The quantitative estimate of drug-likeness (QED) is 0.831. The molecule has 0 fully saturated rings. The van der Waals surface area contributed by atoms with Gasteiger partial charge in [0.05, 0.1) is 0 Å². The van der Waals surface area contributed by atoms with Crippen LogP contribution in [-0.4, -0.2) is 11.1 Å². The summed E-state index contributed by atoms with van der Waals surface area (Å²) in [5, 5.41) is 8.81. The summed E-state index contributed by atoms with van der Waals surface area (Å²) in [6, 6.07) is 6.55. The minimum Gasteiger partial charge on any atom is -0.478 e. The number of halogens is 1. The molecule has 3 heteroatoms. The number of hydrogen-bond acceptors (Lipinski definition) is 1. The van der Waals surface area contributed by atoms with Crippen molar-refractivity contribution in [1.82, 2.24) is 0 Å². The second-order valence-corrected chi connectivity index (χ2v) is 4.06. The van der Waals surface area contributed by atoms with Gasteiger partial charge in [-0.2, -0.15) is 0 Å². The van der Waals surface area contributed by atoms with Crippen LogP contribution in [0, 0.1) is 5.82 Å². The van der Waals surface area contributed by atoms with Gasteiger partial charge >= 0.3 is 5.97 Å². The maximum atomic E-state index is 13.0. The fraction of sp³-hybridized carbons (Fsp3) is 0.308. The van der Waals surface area contributed by atoms with Gasteiger partial charge in [-0.1, -0.05) is 18.2 Å². The minimum absolute atomic E-state index is 0.231. The molecule has 1 aromatic carbocycles. The van der Waals surface area contributed by atoms with E-state index < -0.39 is 5.97 Å². The van der Waals surface area contributed by atoms with Crippen molar-refractivity contribution < 1.29 is 14.3 Å². The van der Waals surface area contributed by atoms with Crippen molar-refractivity contribution in [2.45, 2.75) is 25.2 Å². The van der Waals surface area contributed by atoms with Crippen LogP contribution in [-0.2, 0) is 4.79 Å². The number of hydrogen-bond donors (Lipinski definition) is 1. The van der Waals surface area contributed by atoms with Crippen molar-refractivity contribution in [2.75, 3.05) is 0 Å². The predicted molar refractivity (Wildman–Crippen MR) is 58.7 cm³/mol. The average molecular weight is 220 g/mol. The molecule has 16 heavy (non-hydrogen) atoms. The number of aliphatic carboxylic acids is 1. The van der Waals surface area contributed by atoms with Crippen LogP contribution in [0.15, 0.2) is 35.9 Å². The smallest absolute Gasteiger partial charge is 0.331 e. The molecular weight excluding hydrogens is 207 g/mol. The Morgan fingerprint density at radius 1 is 1.44 bits per heavy atom. The summed E-state index contributed by atoms with van der Waals surface area (Å²) in [7, 11) is 0. The van der Waals surface area contributed by atoms with Crippen molar-refractivity contribution in [1.29, 1.82) is 0 Å². The fourth-order valence-corrected chi connectivity index (χ4v) is 2.09. The van der Waals surface area contributed by atoms with Crippen LogP contribution in [0.2, 0.25) is 0 Å². The van der Waals surface area contributed by atoms with Crippen LogP contribution in [0.4, 0.5) is 4.39 Å². The molecule has 0 spiro atoms. The lowest BCUT2D eigenvalue weighted by molar-refractivity contribution is -0.132. The summed E-state index contributed by atoms with van der Waals surface area (Å²) in [6.07, 6.45) is 3.78. The summed E-state index contributed by atoms with van der Waals surface area (Å²) in [5.41, 5.74) is 1.44. The molecule has 0 aromatic heterocycles. The third-order valence-corrected chi connectivity index (χ3v) is 3.01. The van der Waals surface area contributed by atoms with Crippen molar-refractivity contribution in [3.63, 3.8) is 0 Å². The van der Waals surface area contributed by atoms with Crippen LogP contribution in [0.25, 0.3) is 0 Å². The first-order valence-corrected chi connectivity index (χ1v) is 5.34. The molecule has 1 unspecified atom stereocenters. The zero-order valence-corrected chi connectivity index (χ0v) is 8.82. The molecule has 2 nitrogen and oxygen atoms in total. The van der Waals surface area contributed by atoms with Crippen molar-refractivity contribution in [3.05, 3.63) is 47.3 Å². The largest absolute Gasteiger partial charge is 0.478 e. The summed E-state index contributed by atoms with van der Waals surface area (Å²) >= 11 is 0. The highest BCUT2D eigenvalue weighted by molar-refractivity contribution is 5.86. The van der Waals surface area contributed by atoms with Gasteiger partial charge in [-0.05, 0) is 42.9 Å². The van der Waals surface area contributed by atoms with E-state index in [1.165, 1.54) is 12.1 Å². The van der Waals surface area contributed by atoms with Crippen LogP contribution in [0.5, 0.6) is 0 Å². The third kappa shape index (κ3) is 2.30. The highest BCUT2D eigenvalue weighted by Gasteiger charge is 2.19. The zero-order valence-electron chi connectivity index (χ0n) is 8.82. The van der Waals surface area contributed by atoms with Crippen LogP contribution >= 0.6 is 0 Å². The zero-order chi connectivity index (χ0) is 11.5. The number of carboxylic acids is 1. The maximum absolute atomic E-state index is 13.0. The Bertz CT molecular complexity index is 437. The molecule has 1 aliphatic carbocycles. The molecule has 0 saturated carbocycles. The second kappa shape index (κ2) is 4.47. The second-order valence-electron chi connectivity index (χ2n) is 4.06. The van der Waals surface area contributed by atoms with Gasteiger partial charge in [0, 0.05) is 5.57 Å². The molecule has 0 saturated heterocycles. The first-order valence-electron chi connectivity index (χ1n) is 5.34. The molecule has 0 heterocycles. The molecule has 84 valence electrons. The third-order valence-electron chi connectivity index (χ3n) is 3.01. The number of carboxylic acid groups (broad SMARTS) is 1. The monoisotopic (exact) mass is 220 g/mol. The Hall–Kier alpha value is -1.64. The first-order chi connectivity index (χ1) is 7.66. The van der Waals surface area contributed by atoms with E-state index >= 15 is 0 Å². The molecule has 1 aromatic rings. The van der Waals surface area contributed by atoms with E-state index in [0.717, 1.165) is 12.0 Å². The molecular formula is C13H13FO2. The predicted octanol–water partition coefficient (Wildman–Crippen LogP) is 3.10. The van der Waals surface area contributed by atoms with Crippen LogP contribution < -0.4 is 0 Å². The Balaban J connectivity index is 2.12. The molecule has 1 N–H and O–H groups in total. The standard InChI is InChI=1S/C13H13FO2/c14-12-3-1-2-11(8-12)9-4-6-10(7-5-9)13(15)16/h1-3,6,8-9H,4-5,7H2,(H,15,16). The molecule has 2 rings (SSSR count). The fourth-order valence-electron chi connectivity index (χ4n) is 2.09. The van der Waals surface area contributed by atoms with Crippen LogP contribution in [0.3, 0.4) is 0 Å². The van der Waals surface area contributed by atoms with E-state index in [9.17, 15) is 9.18 Å². The van der Waals surface area contributed by atoms with Gasteiger partial charge in [0.2, 0.25) is 0 Å². The first kappa shape index (κ1) is 10.9. The Kier molecular flexibility index (Phi) is 3.04. The van der Waals surface area contributed by atoms with Crippen molar-refractivity contribution in [2.24, 2.45) is 0 Å². The molecule has 1 atom stereocenters. The average Bonchev–Trinajstić information content (AvgIpc) is 2.29. The lowest BCUT2D eigenvalue weighted by atomic mass is 9.84. The highest BCUT2D eigenvalue weighted by atomic mass is 19.1. The van der Waals surface area contributed by atoms with Gasteiger partial charge in [0.1, 0.15) is 5.82 Å².